The Balaban J connectivity index is 1.88. The zero-order valence-electron chi connectivity index (χ0n) is 10.9. The predicted octanol–water partition coefficient (Wildman–Crippen LogP) is 0.994. The normalized spacial score (nSPS) is 31.2. The van der Waals surface area contributed by atoms with Gasteiger partial charge in [0.05, 0.1) is 12.2 Å². The third kappa shape index (κ3) is 3.41. The van der Waals surface area contributed by atoms with Gasteiger partial charge in [-0.1, -0.05) is 6.92 Å². The van der Waals surface area contributed by atoms with E-state index in [1.807, 2.05) is 0 Å². The summed E-state index contributed by atoms with van der Waals surface area (Å²) in [5.74, 6) is 0. The topological polar surface area (TPSA) is 47.7 Å². The van der Waals surface area contributed by atoms with E-state index in [0.717, 1.165) is 32.7 Å². The molecule has 2 saturated heterocycles. The molecule has 3 atom stereocenters. The highest BCUT2D eigenvalue weighted by molar-refractivity contribution is 4.85. The van der Waals surface area contributed by atoms with Gasteiger partial charge in [-0.3, -0.25) is 4.90 Å². The Hall–Kier alpha value is -0.160. The average Bonchev–Trinajstić information content (AvgIpc) is 3.00. The molecule has 4 nitrogen and oxygen atoms in total. The molecule has 0 spiro atoms. The Kier molecular flexibility index (Phi) is 5.22. The third-order valence-corrected chi connectivity index (χ3v) is 3.97. The number of likely N-dealkylation sites (N-methyl/N-ethyl adjacent to an activating group) is 1. The smallest absolute Gasteiger partial charge is 0.0743 e. The van der Waals surface area contributed by atoms with Crippen molar-refractivity contribution >= 4 is 0 Å². The summed E-state index contributed by atoms with van der Waals surface area (Å²) < 4.78 is 11.5. The van der Waals surface area contributed by atoms with Gasteiger partial charge in [0.2, 0.25) is 0 Å². The summed E-state index contributed by atoms with van der Waals surface area (Å²) in [7, 11) is 0. The number of hydrogen-bond donors (Lipinski definition) is 1. The molecule has 100 valence electrons. The van der Waals surface area contributed by atoms with Gasteiger partial charge in [-0.2, -0.15) is 0 Å². The van der Waals surface area contributed by atoms with Crippen molar-refractivity contribution in [2.24, 2.45) is 5.73 Å². The molecule has 0 aromatic heterocycles. The summed E-state index contributed by atoms with van der Waals surface area (Å²) in [5.41, 5.74) is 5.94. The van der Waals surface area contributed by atoms with Gasteiger partial charge in [0.25, 0.3) is 0 Å². The van der Waals surface area contributed by atoms with Gasteiger partial charge in [-0.05, 0) is 32.2 Å². The molecule has 0 bridgehead atoms. The largest absolute Gasteiger partial charge is 0.377 e. The fraction of sp³-hybridized carbons (Fsp3) is 1.00. The number of hydrogen-bond acceptors (Lipinski definition) is 4. The standard InChI is InChI=1S/C13H26N2O2/c1-2-15(10-11-5-3-7-16-11)12(9-14)13-6-4-8-17-13/h11-13H,2-10,14H2,1H3. The minimum absolute atomic E-state index is 0.335. The minimum atomic E-state index is 0.335. The predicted molar refractivity (Wildman–Crippen MR) is 68.0 cm³/mol. The summed E-state index contributed by atoms with van der Waals surface area (Å²) in [5, 5.41) is 0. The summed E-state index contributed by atoms with van der Waals surface area (Å²) in [4.78, 5) is 2.45. The average molecular weight is 242 g/mol. The highest BCUT2D eigenvalue weighted by Gasteiger charge is 2.31. The van der Waals surface area contributed by atoms with E-state index < -0.39 is 0 Å². The van der Waals surface area contributed by atoms with Gasteiger partial charge in [-0.25, -0.2) is 0 Å². The van der Waals surface area contributed by atoms with Crippen LogP contribution in [0.25, 0.3) is 0 Å². The molecular formula is C13H26N2O2. The molecule has 0 aromatic rings. The van der Waals surface area contributed by atoms with Crippen LogP contribution in [-0.4, -0.2) is 56.0 Å². The van der Waals surface area contributed by atoms with Crippen LogP contribution in [0.2, 0.25) is 0 Å². The molecule has 2 fully saturated rings. The van der Waals surface area contributed by atoms with Gasteiger partial charge >= 0.3 is 0 Å². The highest BCUT2D eigenvalue weighted by atomic mass is 16.5. The quantitative estimate of drug-likeness (QED) is 0.754. The minimum Gasteiger partial charge on any atom is -0.377 e. The fourth-order valence-corrected chi connectivity index (χ4v) is 2.99. The van der Waals surface area contributed by atoms with Crippen LogP contribution in [-0.2, 0) is 9.47 Å². The van der Waals surface area contributed by atoms with E-state index >= 15 is 0 Å². The second-order valence-corrected chi connectivity index (χ2v) is 5.08. The van der Waals surface area contributed by atoms with Crippen LogP contribution in [0.1, 0.15) is 32.6 Å². The lowest BCUT2D eigenvalue weighted by Crippen LogP contribution is -2.50. The van der Waals surface area contributed by atoms with Gasteiger partial charge in [0.1, 0.15) is 0 Å². The van der Waals surface area contributed by atoms with Crippen LogP contribution in [0.3, 0.4) is 0 Å². The maximum absolute atomic E-state index is 5.94. The van der Waals surface area contributed by atoms with Crippen LogP contribution < -0.4 is 5.73 Å². The van der Waals surface area contributed by atoms with E-state index in [-0.39, 0.29) is 0 Å². The third-order valence-electron chi connectivity index (χ3n) is 3.97. The van der Waals surface area contributed by atoms with Gasteiger partial charge in [0, 0.05) is 32.3 Å². The molecule has 0 saturated carbocycles. The van der Waals surface area contributed by atoms with Crippen molar-refractivity contribution < 1.29 is 9.47 Å². The fourth-order valence-electron chi connectivity index (χ4n) is 2.99. The van der Waals surface area contributed by atoms with Crippen molar-refractivity contribution in [3.05, 3.63) is 0 Å². The van der Waals surface area contributed by atoms with E-state index in [1.165, 1.54) is 19.3 Å². The maximum Gasteiger partial charge on any atom is 0.0743 e. The molecule has 4 heteroatoms. The zero-order chi connectivity index (χ0) is 12.1. The first-order chi connectivity index (χ1) is 8.35. The number of nitrogens with zero attached hydrogens (tertiary/aromatic N) is 1. The van der Waals surface area contributed by atoms with E-state index in [2.05, 4.69) is 11.8 Å². The summed E-state index contributed by atoms with van der Waals surface area (Å²) in [6, 6.07) is 0.367. The van der Waals surface area contributed by atoms with Crippen LogP contribution in [0, 0.1) is 0 Å². The molecule has 0 aliphatic carbocycles. The lowest BCUT2D eigenvalue weighted by Gasteiger charge is -2.34. The van der Waals surface area contributed by atoms with Crippen molar-refractivity contribution in [2.45, 2.75) is 50.9 Å². The first-order valence-corrected chi connectivity index (χ1v) is 7.02. The van der Waals surface area contributed by atoms with Crippen molar-refractivity contribution in [3.63, 3.8) is 0 Å². The Morgan fingerprint density at radius 3 is 2.53 bits per heavy atom. The van der Waals surface area contributed by atoms with Gasteiger partial charge in [0.15, 0.2) is 0 Å². The Morgan fingerprint density at radius 1 is 1.24 bits per heavy atom. The van der Waals surface area contributed by atoms with E-state index in [4.69, 9.17) is 15.2 Å². The number of rotatable bonds is 6. The maximum atomic E-state index is 5.94. The molecule has 3 unspecified atom stereocenters. The molecule has 0 amide bonds. The van der Waals surface area contributed by atoms with E-state index in [0.29, 0.717) is 24.8 Å². The van der Waals surface area contributed by atoms with Crippen molar-refractivity contribution in [2.75, 3.05) is 32.8 Å². The Morgan fingerprint density at radius 2 is 2.00 bits per heavy atom. The number of ether oxygens (including phenoxy) is 2. The van der Waals surface area contributed by atoms with Crippen molar-refractivity contribution in [1.82, 2.24) is 4.90 Å². The molecule has 2 N–H and O–H groups in total. The second-order valence-electron chi connectivity index (χ2n) is 5.08. The van der Waals surface area contributed by atoms with E-state index in [1.54, 1.807) is 0 Å². The molecule has 2 aliphatic heterocycles. The molecule has 0 radical (unpaired) electrons. The molecule has 2 heterocycles. The monoisotopic (exact) mass is 242 g/mol. The first-order valence-electron chi connectivity index (χ1n) is 7.02. The lowest BCUT2D eigenvalue weighted by molar-refractivity contribution is 0.00284. The van der Waals surface area contributed by atoms with Crippen LogP contribution >= 0.6 is 0 Å². The summed E-state index contributed by atoms with van der Waals surface area (Å²) >= 11 is 0. The molecule has 2 aliphatic rings. The summed E-state index contributed by atoms with van der Waals surface area (Å²) in [6.45, 7) is 6.76. The highest BCUT2D eigenvalue weighted by Crippen LogP contribution is 2.21. The van der Waals surface area contributed by atoms with Crippen molar-refractivity contribution in [1.29, 1.82) is 0 Å². The van der Waals surface area contributed by atoms with E-state index in [9.17, 15) is 0 Å². The van der Waals surface area contributed by atoms with Crippen LogP contribution in [0.15, 0.2) is 0 Å². The molecule has 17 heavy (non-hydrogen) atoms. The summed E-state index contributed by atoms with van der Waals surface area (Å²) in [6.07, 6.45) is 5.48. The molecule has 0 aromatic carbocycles. The second kappa shape index (κ2) is 6.69. The molecule has 2 rings (SSSR count). The number of nitrogens with two attached hydrogens (primary N) is 1. The van der Waals surface area contributed by atoms with Crippen molar-refractivity contribution in [3.8, 4) is 0 Å². The Labute approximate surface area is 104 Å². The lowest BCUT2D eigenvalue weighted by atomic mass is 10.1. The molecular weight excluding hydrogens is 216 g/mol. The Bertz CT molecular complexity index is 213. The zero-order valence-corrected chi connectivity index (χ0v) is 10.9. The first kappa shape index (κ1) is 13.3. The van der Waals surface area contributed by atoms with Gasteiger partial charge < -0.3 is 15.2 Å². The SMILES string of the molecule is CCN(CC1CCCO1)C(CN)C1CCCO1. The van der Waals surface area contributed by atoms with Crippen LogP contribution in [0.5, 0.6) is 0 Å². The van der Waals surface area contributed by atoms with Gasteiger partial charge in [-0.15, -0.1) is 0 Å². The van der Waals surface area contributed by atoms with Crippen LogP contribution in [0.4, 0.5) is 0 Å².